The van der Waals surface area contributed by atoms with Crippen LogP contribution in [0.15, 0.2) is 94.7 Å². The van der Waals surface area contributed by atoms with E-state index in [1.807, 2.05) is 0 Å². The minimum atomic E-state index is -4.65. The molecule has 4 aromatic rings. The van der Waals surface area contributed by atoms with Crippen molar-refractivity contribution in [3.05, 3.63) is 84.9 Å². The maximum absolute atomic E-state index is 13.1. The SMILES string of the molecule is O=C1C2C(C(=O)N1OS(=O)(=O)c1ccc3ccccc3c1)C1C(=O)N(OS(=O)(=O)c3ccc4ccccc4c3)C(=O)C21. The van der Waals surface area contributed by atoms with Gasteiger partial charge in [0.1, 0.15) is 0 Å². The van der Waals surface area contributed by atoms with Crippen LogP contribution >= 0.6 is 0 Å². The van der Waals surface area contributed by atoms with Gasteiger partial charge in [-0.05, 0) is 45.8 Å². The minimum absolute atomic E-state index is 0.0652. The van der Waals surface area contributed by atoms with E-state index in [1.165, 1.54) is 36.4 Å². The molecule has 12 nitrogen and oxygen atoms in total. The Hall–Kier alpha value is -4.50. The molecule has 0 N–H and O–H groups in total. The third-order valence-electron chi connectivity index (χ3n) is 7.85. The molecule has 42 heavy (non-hydrogen) atoms. The molecule has 3 aliphatic rings. The van der Waals surface area contributed by atoms with Gasteiger partial charge in [0.15, 0.2) is 0 Å². The van der Waals surface area contributed by atoms with E-state index in [4.69, 9.17) is 8.57 Å². The zero-order valence-electron chi connectivity index (χ0n) is 21.2. The number of hydrogen-bond acceptors (Lipinski definition) is 10. The molecular formula is C28H18N2O10S2. The Morgan fingerprint density at radius 3 is 1.10 bits per heavy atom. The number of hydrogen-bond donors (Lipinski definition) is 0. The predicted molar refractivity (Wildman–Crippen MR) is 142 cm³/mol. The van der Waals surface area contributed by atoms with Gasteiger partial charge in [0.25, 0.3) is 23.6 Å². The van der Waals surface area contributed by atoms with E-state index in [0.717, 1.165) is 10.8 Å². The lowest BCUT2D eigenvalue weighted by atomic mass is 9.59. The highest BCUT2D eigenvalue weighted by Gasteiger charge is 2.75. The lowest BCUT2D eigenvalue weighted by Crippen LogP contribution is -2.50. The second-order valence-corrected chi connectivity index (χ2v) is 13.2. The Morgan fingerprint density at radius 1 is 0.452 bits per heavy atom. The number of carbonyl (C=O) groups is 4. The molecular weight excluding hydrogens is 588 g/mol. The molecule has 0 bridgehead atoms. The third-order valence-corrected chi connectivity index (χ3v) is 10.2. The number of fused-ring (bicyclic) bond motifs is 6. The average molecular weight is 607 g/mol. The first-order valence-electron chi connectivity index (χ1n) is 12.6. The van der Waals surface area contributed by atoms with Gasteiger partial charge in [-0.25, -0.2) is 0 Å². The molecule has 0 unspecified atom stereocenters. The van der Waals surface area contributed by atoms with Crippen molar-refractivity contribution < 1.29 is 44.6 Å². The zero-order chi connectivity index (χ0) is 29.6. The molecule has 7 rings (SSSR count). The monoisotopic (exact) mass is 606 g/mol. The standard InChI is InChI=1S/C28H18N2O10S2/c31-25-21-22(26(32)29(25)39-41(35,36)19-11-9-15-5-1-3-7-17(15)13-19)24-23(21)27(33)30(28(24)34)40-42(37,38)20-12-10-16-6-2-4-8-18(16)14-20/h1-14,21-24H. The molecule has 2 aliphatic heterocycles. The summed E-state index contributed by atoms with van der Waals surface area (Å²) < 4.78 is 61.7. The van der Waals surface area contributed by atoms with Gasteiger partial charge in [-0.3, -0.25) is 19.2 Å². The van der Waals surface area contributed by atoms with Gasteiger partial charge in [-0.2, -0.15) is 16.8 Å². The summed E-state index contributed by atoms with van der Waals surface area (Å²) in [4.78, 5) is 51.8. The van der Waals surface area contributed by atoms with E-state index in [1.54, 1.807) is 48.5 Å². The highest BCUT2D eigenvalue weighted by molar-refractivity contribution is 7.87. The van der Waals surface area contributed by atoms with E-state index in [0.29, 0.717) is 10.8 Å². The van der Waals surface area contributed by atoms with E-state index in [9.17, 15) is 36.0 Å². The molecule has 14 heteroatoms. The number of amides is 4. The largest absolute Gasteiger partial charge is 0.318 e. The predicted octanol–water partition coefficient (Wildman–Crippen LogP) is 2.15. The first-order chi connectivity index (χ1) is 20.0. The summed E-state index contributed by atoms with van der Waals surface area (Å²) in [6.07, 6.45) is 0. The number of rotatable bonds is 6. The molecule has 1 aliphatic carbocycles. The topological polar surface area (TPSA) is 161 Å². The number of benzene rings is 4. The second-order valence-electron chi connectivity index (χ2n) is 10.1. The van der Waals surface area contributed by atoms with Crippen molar-refractivity contribution in [1.29, 1.82) is 0 Å². The normalized spacial score (nSPS) is 23.9. The molecule has 3 fully saturated rings. The maximum Gasteiger partial charge on any atom is 0.318 e. The summed E-state index contributed by atoms with van der Waals surface area (Å²) in [6, 6.07) is 22.0. The van der Waals surface area contributed by atoms with Gasteiger partial charge in [0.05, 0.1) is 33.5 Å². The molecule has 1 saturated carbocycles. The van der Waals surface area contributed by atoms with E-state index < -0.39 is 67.5 Å². The molecule has 4 amide bonds. The Bertz CT molecular complexity index is 1910. The molecule has 2 saturated heterocycles. The van der Waals surface area contributed by atoms with Crippen LogP contribution in [0.5, 0.6) is 0 Å². The van der Waals surface area contributed by atoms with Crippen LogP contribution in [-0.2, 0) is 48.0 Å². The van der Waals surface area contributed by atoms with Gasteiger partial charge < -0.3 is 0 Å². The number of imide groups is 2. The quantitative estimate of drug-likeness (QED) is 0.297. The second kappa shape index (κ2) is 9.00. The van der Waals surface area contributed by atoms with Crippen LogP contribution in [0, 0.1) is 23.7 Å². The first kappa shape index (κ1) is 26.4. The fourth-order valence-corrected chi connectivity index (χ4v) is 7.68. The summed E-state index contributed by atoms with van der Waals surface area (Å²) in [5.74, 6) is -10.2. The van der Waals surface area contributed by atoms with Crippen LogP contribution in [0.2, 0.25) is 0 Å². The number of hydroxylamine groups is 4. The van der Waals surface area contributed by atoms with Gasteiger partial charge >= 0.3 is 20.2 Å². The van der Waals surface area contributed by atoms with Crippen molar-refractivity contribution >= 4 is 65.4 Å². The van der Waals surface area contributed by atoms with Crippen LogP contribution in [0.25, 0.3) is 21.5 Å². The molecule has 2 heterocycles. The minimum Gasteiger partial charge on any atom is -0.272 e. The Balaban J connectivity index is 1.11. The average Bonchev–Trinajstić information content (AvgIpc) is 3.27. The smallest absolute Gasteiger partial charge is 0.272 e. The zero-order valence-corrected chi connectivity index (χ0v) is 22.8. The van der Waals surface area contributed by atoms with Gasteiger partial charge in [-0.1, -0.05) is 60.7 Å². The lowest BCUT2D eigenvalue weighted by molar-refractivity contribution is -0.169. The number of carbonyl (C=O) groups excluding carboxylic acids is 4. The van der Waals surface area contributed by atoms with Gasteiger partial charge in [-0.15, -0.1) is 18.7 Å². The molecule has 0 atom stereocenters. The fraction of sp³-hybridized carbons (Fsp3) is 0.143. The third kappa shape index (κ3) is 3.80. The summed E-state index contributed by atoms with van der Waals surface area (Å²) >= 11 is 0. The molecule has 212 valence electrons. The van der Waals surface area contributed by atoms with Crippen molar-refractivity contribution in [3.8, 4) is 0 Å². The van der Waals surface area contributed by atoms with Crippen molar-refractivity contribution in [3.63, 3.8) is 0 Å². The summed E-state index contributed by atoms with van der Waals surface area (Å²) in [5, 5.41) is 2.78. The van der Waals surface area contributed by atoms with Crippen LogP contribution in [0.4, 0.5) is 0 Å². The van der Waals surface area contributed by atoms with Crippen LogP contribution in [-0.4, -0.2) is 50.6 Å². The molecule has 0 aromatic heterocycles. The first-order valence-corrected chi connectivity index (χ1v) is 15.4. The Morgan fingerprint density at radius 2 is 0.762 bits per heavy atom. The van der Waals surface area contributed by atoms with Crippen molar-refractivity contribution in [1.82, 2.24) is 10.1 Å². The molecule has 0 radical (unpaired) electrons. The maximum atomic E-state index is 13.1. The van der Waals surface area contributed by atoms with Gasteiger partial charge in [0, 0.05) is 0 Å². The van der Waals surface area contributed by atoms with E-state index >= 15 is 0 Å². The Labute approximate surface area is 238 Å². The highest BCUT2D eigenvalue weighted by atomic mass is 32.2. The van der Waals surface area contributed by atoms with Gasteiger partial charge in [0.2, 0.25) is 0 Å². The number of nitrogens with zero attached hydrogens (tertiary/aromatic N) is 2. The molecule has 0 spiro atoms. The summed E-state index contributed by atoms with van der Waals surface area (Å²) in [6.45, 7) is 0. The summed E-state index contributed by atoms with van der Waals surface area (Å²) in [7, 11) is -9.30. The van der Waals surface area contributed by atoms with E-state index in [2.05, 4.69) is 0 Å². The van der Waals surface area contributed by atoms with Crippen LogP contribution in [0.1, 0.15) is 0 Å². The summed E-state index contributed by atoms with van der Waals surface area (Å²) in [5.41, 5.74) is 0. The van der Waals surface area contributed by atoms with Crippen LogP contribution in [0.3, 0.4) is 0 Å². The van der Waals surface area contributed by atoms with Crippen molar-refractivity contribution in [2.45, 2.75) is 9.79 Å². The van der Waals surface area contributed by atoms with E-state index in [-0.39, 0.29) is 19.9 Å². The van der Waals surface area contributed by atoms with Crippen LogP contribution < -0.4 is 0 Å². The fourth-order valence-electron chi connectivity index (χ4n) is 5.81. The van der Waals surface area contributed by atoms with Crippen molar-refractivity contribution in [2.24, 2.45) is 23.7 Å². The Kier molecular flexibility index (Phi) is 5.66. The van der Waals surface area contributed by atoms with Crippen molar-refractivity contribution in [2.75, 3.05) is 0 Å². The molecule has 4 aromatic carbocycles. The lowest BCUT2D eigenvalue weighted by Gasteiger charge is -2.35. The highest BCUT2D eigenvalue weighted by Crippen LogP contribution is 2.57.